The predicted octanol–water partition coefficient (Wildman–Crippen LogP) is 4.96. The molecule has 1 heterocycles. The number of anilines is 2. The number of amides is 1. The van der Waals surface area contributed by atoms with Crippen LogP contribution in [-0.4, -0.2) is 25.6 Å². The van der Waals surface area contributed by atoms with Crippen LogP contribution in [0.5, 0.6) is 5.75 Å². The van der Waals surface area contributed by atoms with Crippen LogP contribution in [0, 0.1) is 5.82 Å². The van der Waals surface area contributed by atoms with Gasteiger partial charge in [0.2, 0.25) is 0 Å². The van der Waals surface area contributed by atoms with E-state index in [2.05, 4.69) is 24.1 Å². The molecule has 0 saturated carbocycles. The van der Waals surface area contributed by atoms with Gasteiger partial charge in [0.25, 0.3) is 5.91 Å². The van der Waals surface area contributed by atoms with Crippen molar-refractivity contribution < 1.29 is 13.9 Å². The number of hydrogen-bond acceptors (Lipinski definition) is 3. The van der Waals surface area contributed by atoms with Gasteiger partial charge in [-0.05, 0) is 61.1 Å². The maximum absolute atomic E-state index is 14.4. The van der Waals surface area contributed by atoms with Gasteiger partial charge in [-0.15, -0.1) is 0 Å². The zero-order chi connectivity index (χ0) is 19.2. The van der Waals surface area contributed by atoms with Crippen molar-refractivity contribution >= 4 is 17.3 Å². The first-order chi connectivity index (χ1) is 13.0. The Labute approximate surface area is 160 Å². The fraction of sp³-hybridized carbons (Fsp3) is 0.409. The Kier molecular flexibility index (Phi) is 6.32. The first-order valence-corrected chi connectivity index (χ1v) is 9.60. The van der Waals surface area contributed by atoms with E-state index >= 15 is 0 Å². The molecule has 0 bridgehead atoms. The predicted molar refractivity (Wildman–Crippen MR) is 107 cm³/mol. The average Bonchev–Trinajstić information content (AvgIpc) is 2.67. The molecule has 2 aromatic rings. The molecule has 1 aliphatic rings. The number of rotatable bonds is 6. The summed E-state index contributed by atoms with van der Waals surface area (Å²) in [6.07, 6.45) is 3.38. The van der Waals surface area contributed by atoms with Gasteiger partial charge in [0.05, 0.1) is 5.69 Å². The minimum absolute atomic E-state index is 0.115. The van der Waals surface area contributed by atoms with Gasteiger partial charge in [0.15, 0.2) is 6.61 Å². The van der Waals surface area contributed by atoms with Crippen molar-refractivity contribution in [1.82, 2.24) is 0 Å². The third-order valence-electron chi connectivity index (χ3n) is 4.84. The SMILES string of the molecule is CC(C)c1ccc(OCC(=O)Nc2ccc(N3CCCCC3)c(F)c2)cc1. The summed E-state index contributed by atoms with van der Waals surface area (Å²) in [6.45, 7) is 5.90. The Balaban J connectivity index is 1.53. The lowest BCUT2D eigenvalue weighted by Gasteiger charge is -2.29. The standard InChI is InChI=1S/C22H27FN2O2/c1-16(2)17-6-9-19(10-7-17)27-15-22(26)24-18-8-11-21(20(23)14-18)25-12-4-3-5-13-25/h6-11,14,16H,3-5,12-13,15H2,1-2H3,(H,24,26). The van der Waals surface area contributed by atoms with Crippen molar-refractivity contribution in [2.75, 3.05) is 29.9 Å². The Hall–Kier alpha value is -2.56. The van der Waals surface area contributed by atoms with Crippen LogP contribution in [0.25, 0.3) is 0 Å². The fourth-order valence-corrected chi connectivity index (χ4v) is 3.27. The number of piperidine rings is 1. The van der Waals surface area contributed by atoms with E-state index in [1.165, 1.54) is 18.1 Å². The Morgan fingerprint density at radius 2 is 1.81 bits per heavy atom. The molecule has 4 nitrogen and oxygen atoms in total. The van der Waals surface area contributed by atoms with E-state index < -0.39 is 0 Å². The maximum Gasteiger partial charge on any atom is 0.262 e. The van der Waals surface area contributed by atoms with Crippen LogP contribution < -0.4 is 15.0 Å². The molecule has 0 spiro atoms. The number of nitrogens with one attached hydrogen (secondary N) is 1. The van der Waals surface area contributed by atoms with E-state index in [0.717, 1.165) is 25.9 Å². The van der Waals surface area contributed by atoms with Crippen molar-refractivity contribution in [3.05, 3.63) is 53.8 Å². The fourth-order valence-electron chi connectivity index (χ4n) is 3.27. The van der Waals surface area contributed by atoms with Crippen molar-refractivity contribution in [2.24, 2.45) is 0 Å². The maximum atomic E-state index is 14.4. The van der Waals surface area contributed by atoms with Crippen LogP contribution in [0.15, 0.2) is 42.5 Å². The molecule has 1 aliphatic heterocycles. The van der Waals surface area contributed by atoms with Gasteiger partial charge in [-0.2, -0.15) is 0 Å². The van der Waals surface area contributed by atoms with Crippen molar-refractivity contribution in [1.29, 1.82) is 0 Å². The summed E-state index contributed by atoms with van der Waals surface area (Å²) >= 11 is 0. The first kappa shape index (κ1) is 19.2. The van der Waals surface area contributed by atoms with Gasteiger partial charge in [0.1, 0.15) is 11.6 Å². The number of halogens is 1. The summed E-state index contributed by atoms with van der Waals surface area (Å²) in [7, 11) is 0. The van der Waals surface area contributed by atoms with Crippen LogP contribution in [0.2, 0.25) is 0 Å². The summed E-state index contributed by atoms with van der Waals surface area (Å²) in [5.74, 6) is 0.472. The number of hydrogen-bond donors (Lipinski definition) is 1. The molecule has 1 saturated heterocycles. The lowest BCUT2D eigenvalue weighted by atomic mass is 10.0. The monoisotopic (exact) mass is 370 g/mol. The van der Waals surface area contributed by atoms with E-state index in [1.807, 2.05) is 24.3 Å². The Bertz CT molecular complexity index is 768. The Morgan fingerprint density at radius 1 is 1.11 bits per heavy atom. The number of nitrogens with zero attached hydrogens (tertiary/aromatic N) is 1. The summed E-state index contributed by atoms with van der Waals surface area (Å²) in [6, 6.07) is 12.5. The number of ether oxygens (including phenoxy) is 1. The lowest BCUT2D eigenvalue weighted by Crippen LogP contribution is -2.30. The normalized spacial score (nSPS) is 14.3. The zero-order valence-corrected chi connectivity index (χ0v) is 16.0. The largest absolute Gasteiger partial charge is 0.484 e. The quantitative estimate of drug-likeness (QED) is 0.782. The van der Waals surface area contributed by atoms with E-state index in [0.29, 0.717) is 23.0 Å². The highest BCUT2D eigenvalue weighted by atomic mass is 19.1. The number of carbonyl (C=O) groups is 1. The van der Waals surface area contributed by atoms with E-state index in [4.69, 9.17) is 4.74 Å². The van der Waals surface area contributed by atoms with Crippen molar-refractivity contribution in [2.45, 2.75) is 39.0 Å². The molecule has 144 valence electrons. The number of benzene rings is 2. The van der Waals surface area contributed by atoms with Gasteiger partial charge < -0.3 is 15.0 Å². The van der Waals surface area contributed by atoms with Crippen molar-refractivity contribution in [3.8, 4) is 5.75 Å². The molecule has 0 aromatic heterocycles. The molecule has 1 amide bonds. The topological polar surface area (TPSA) is 41.6 Å². The molecule has 0 radical (unpaired) electrons. The zero-order valence-electron chi connectivity index (χ0n) is 16.0. The molecule has 0 aliphatic carbocycles. The molecule has 3 rings (SSSR count). The molecule has 27 heavy (non-hydrogen) atoms. The van der Waals surface area contributed by atoms with Gasteiger partial charge in [-0.25, -0.2) is 4.39 Å². The summed E-state index contributed by atoms with van der Waals surface area (Å²) in [5.41, 5.74) is 2.27. The third kappa shape index (κ3) is 5.22. The molecular formula is C22H27FN2O2. The van der Waals surface area contributed by atoms with Gasteiger partial charge in [-0.1, -0.05) is 26.0 Å². The highest BCUT2D eigenvalue weighted by Gasteiger charge is 2.15. The average molecular weight is 370 g/mol. The minimum Gasteiger partial charge on any atom is -0.484 e. The smallest absolute Gasteiger partial charge is 0.262 e. The molecule has 2 aromatic carbocycles. The first-order valence-electron chi connectivity index (χ1n) is 9.60. The Morgan fingerprint density at radius 3 is 2.44 bits per heavy atom. The molecule has 0 unspecified atom stereocenters. The minimum atomic E-state index is -0.312. The molecule has 1 N–H and O–H groups in total. The van der Waals surface area contributed by atoms with Crippen LogP contribution in [0.4, 0.5) is 15.8 Å². The summed E-state index contributed by atoms with van der Waals surface area (Å²) in [4.78, 5) is 14.2. The van der Waals surface area contributed by atoms with Crippen LogP contribution in [0.1, 0.15) is 44.6 Å². The molecular weight excluding hydrogens is 343 g/mol. The highest BCUT2D eigenvalue weighted by molar-refractivity contribution is 5.92. The second-order valence-corrected chi connectivity index (χ2v) is 7.27. The van der Waals surface area contributed by atoms with Crippen LogP contribution in [-0.2, 0) is 4.79 Å². The van der Waals surface area contributed by atoms with Gasteiger partial charge in [0, 0.05) is 18.8 Å². The summed E-state index contributed by atoms with van der Waals surface area (Å²) in [5, 5.41) is 2.69. The molecule has 1 fully saturated rings. The lowest BCUT2D eigenvalue weighted by molar-refractivity contribution is -0.118. The highest BCUT2D eigenvalue weighted by Crippen LogP contribution is 2.26. The van der Waals surface area contributed by atoms with E-state index in [9.17, 15) is 9.18 Å². The van der Waals surface area contributed by atoms with E-state index in [-0.39, 0.29) is 18.3 Å². The third-order valence-corrected chi connectivity index (χ3v) is 4.84. The second-order valence-electron chi connectivity index (χ2n) is 7.27. The van der Waals surface area contributed by atoms with Gasteiger partial charge >= 0.3 is 0 Å². The summed E-state index contributed by atoms with van der Waals surface area (Å²) < 4.78 is 19.9. The second kappa shape index (κ2) is 8.89. The van der Waals surface area contributed by atoms with E-state index in [1.54, 1.807) is 12.1 Å². The molecule has 0 atom stereocenters. The number of carbonyl (C=O) groups excluding carboxylic acids is 1. The van der Waals surface area contributed by atoms with Crippen LogP contribution in [0.3, 0.4) is 0 Å². The van der Waals surface area contributed by atoms with Crippen LogP contribution >= 0.6 is 0 Å². The van der Waals surface area contributed by atoms with Gasteiger partial charge in [-0.3, -0.25) is 4.79 Å². The van der Waals surface area contributed by atoms with Crippen molar-refractivity contribution in [3.63, 3.8) is 0 Å². The molecule has 5 heteroatoms.